The summed E-state index contributed by atoms with van der Waals surface area (Å²) in [6, 6.07) is 8.94. The van der Waals surface area contributed by atoms with E-state index in [4.69, 9.17) is 21.4 Å². The Kier molecular flexibility index (Phi) is 4.95. The standard InChI is InChI=1S/C16H18ClN3O3/c17-13-4-2-1-3-12(13)14-9-15(19-18-14)16(22)20-6-8-23-10-11(20)5-7-21/h1-4,9,11,21H,5-8,10H2,(H,18,19)/t11-/m0/s1. The number of carbonyl (C=O) groups is 1. The zero-order valence-corrected chi connectivity index (χ0v) is 13.3. The second-order valence-electron chi connectivity index (χ2n) is 5.39. The van der Waals surface area contributed by atoms with E-state index >= 15 is 0 Å². The molecule has 1 saturated heterocycles. The molecule has 23 heavy (non-hydrogen) atoms. The molecule has 2 heterocycles. The number of ether oxygens (including phenoxy) is 1. The van der Waals surface area contributed by atoms with Gasteiger partial charge in [0.2, 0.25) is 0 Å². The molecule has 3 rings (SSSR count). The van der Waals surface area contributed by atoms with E-state index in [1.54, 1.807) is 17.0 Å². The van der Waals surface area contributed by atoms with Crippen LogP contribution in [0.1, 0.15) is 16.9 Å². The van der Waals surface area contributed by atoms with Crippen molar-refractivity contribution in [2.24, 2.45) is 0 Å². The highest BCUT2D eigenvalue weighted by Crippen LogP contribution is 2.26. The Labute approximate surface area is 139 Å². The highest BCUT2D eigenvalue weighted by Gasteiger charge is 2.28. The van der Waals surface area contributed by atoms with E-state index in [0.717, 1.165) is 5.56 Å². The summed E-state index contributed by atoms with van der Waals surface area (Å²) in [5.41, 5.74) is 1.81. The van der Waals surface area contributed by atoms with Crippen molar-refractivity contribution in [3.8, 4) is 11.3 Å². The molecule has 1 atom stereocenters. The molecule has 122 valence electrons. The number of nitrogens with one attached hydrogen (secondary N) is 1. The lowest BCUT2D eigenvalue weighted by Gasteiger charge is -2.35. The van der Waals surface area contributed by atoms with Crippen LogP contribution in [0.25, 0.3) is 11.3 Å². The number of aliphatic hydroxyl groups is 1. The fourth-order valence-electron chi connectivity index (χ4n) is 2.70. The Morgan fingerprint density at radius 2 is 2.30 bits per heavy atom. The molecular weight excluding hydrogens is 318 g/mol. The van der Waals surface area contributed by atoms with E-state index in [9.17, 15) is 4.79 Å². The fraction of sp³-hybridized carbons (Fsp3) is 0.375. The summed E-state index contributed by atoms with van der Waals surface area (Å²) in [6.45, 7) is 1.46. The molecule has 6 nitrogen and oxygen atoms in total. The first-order valence-electron chi connectivity index (χ1n) is 7.50. The van der Waals surface area contributed by atoms with Gasteiger partial charge in [0.15, 0.2) is 0 Å². The van der Waals surface area contributed by atoms with Gasteiger partial charge in [-0.2, -0.15) is 5.10 Å². The fourth-order valence-corrected chi connectivity index (χ4v) is 2.94. The average molecular weight is 336 g/mol. The summed E-state index contributed by atoms with van der Waals surface area (Å²) < 4.78 is 5.39. The summed E-state index contributed by atoms with van der Waals surface area (Å²) in [4.78, 5) is 14.4. The molecule has 2 N–H and O–H groups in total. The third-order valence-corrected chi connectivity index (χ3v) is 4.24. The van der Waals surface area contributed by atoms with Crippen LogP contribution >= 0.6 is 11.6 Å². The summed E-state index contributed by atoms with van der Waals surface area (Å²) in [6.07, 6.45) is 0.497. The second kappa shape index (κ2) is 7.12. The third-order valence-electron chi connectivity index (χ3n) is 3.91. The van der Waals surface area contributed by atoms with Gasteiger partial charge in [-0.1, -0.05) is 29.8 Å². The minimum absolute atomic E-state index is 0.0195. The summed E-state index contributed by atoms with van der Waals surface area (Å²) in [7, 11) is 0. The smallest absolute Gasteiger partial charge is 0.272 e. The zero-order valence-electron chi connectivity index (χ0n) is 12.5. The Hall–Kier alpha value is -1.89. The van der Waals surface area contributed by atoms with Crippen LogP contribution in [0.15, 0.2) is 30.3 Å². The van der Waals surface area contributed by atoms with Gasteiger partial charge < -0.3 is 14.7 Å². The molecule has 0 bridgehead atoms. The lowest BCUT2D eigenvalue weighted by atomic mass is 10.1. The number of aromatic nitrogens is 2. The van der Waals surface area contributed by atoms with Gasteiger partial charge in [-0.05, 0) is 18.6 Å². The van der Waals surface area contributed by atoms with Crippen LogP contribution in [0.2, 0.25) is 5.02 Å². The number of carbonyl (C=O) groups excluding carboxylic acids is 1. The van der Waals surface area contributed by atoms with Gasteiger partial charge >= 0.3 is 0 Å². The van der Waals surface area contributed by atoms with Gasteiger partial charge in [-0.3, -0.25) is 9.89 Å². The van der Waals surface area contributed by atoms with Crippen LogP contribution in [-0.4, -0.2) is 58.5 Å². The summed E-state index contributed by atoms with van der Waals surface area (Å²) in [5, 5.41) is 16.7. The molecule has 0 radical (unpaired) electrons. The molecule has 1 aromatic carbocycles. The molecule has 1 aliphatic heterocycles. The number of nitrogens with zero attached hydrogens (tertiary/aromatic N) is 2. The Morgan fingerprint density at radius 1 is 1.48 bits per heavy atom. The van der Waals surface area contributed by atoms with E-state index in [-0.39, 0.29) is 18.6 Å². The van der Waals surface area contributed by atoms with Gasteiger partial charge in [-0.25, -0.2) is 0 Å². The number of rotatable bonds is 4. The minimum Gasteiger partial charge on any atom is -0.396 e. The van der Waals surface area contributed by atoms with Gasteiger partial charge in [0.25, 0.3) is 5.91 Å². The zero-order chi connectivity index (χ0) is 16.2. The molecule has 1 aliphatic rings. The van der Waals surface area contributed by atoms with Crippen molar-refractivity contribution in [2.75, 3.05) is 26.4 Å². The lowest BCUT2D eigenvalue weighted by molar-refractivity contribution is -0.00858. The van der Waals surface area contributed by atoms with Crippen LogP contribution in [0, 0.1) is 0 Å². The molecule has 7 heteroatoms. The molecule has 0 saturated carbocycles. The number of hydrogen-bond acceptors (Lipinski definition) is 4. The molecular formula is C16H18ClN3O3. The van der Waals surface area contributed by atoms with Crippen LogP contribution in [0.4, 0.5) is 0 Å². The topological polar surface area (TPSA) is 78.5 Å². The van der Waals surface area contributed by atoms with Crippen molar-refractivity contribution in [3.05, 3.63) is 41.0 Å². The number of aliphatic hydroxyl groups excluding tert-OH is 1. The Balaban J connectivity index is 1.82. The number of amides is 1. The first kappa shape index (κ1) is 16.0. The van der Waals surface area contributed by atoms with Crippen LogP contribution < -0.4 is 0 Å². The highest BCUT2D eigenvalue weighted by atomic mass is 35.5. The number of benzene rings is 1. The molecule has 0 aliphatic carbocycles. The quantitative estimate of drug-likeness (QED) is 0.895. The van der Waals surface area contributed by atoms with E-state index in [1.165, 1.54) is 0 Å². The Morgan fingerprint density at radius 3 is 3.09 bits per heavy atom. The van der Waals surface area contributed by atoms with Crippen LogP contribution in [0.3, 0.4) is 0 Å². The largest absolute Gasteiger partial charge is 0.396 e. The van der Waals surface area contributed by atoms with Crippen molar-refractivity contribution in [2.45, 2.75) is 12.5 Å². The van der Waals surface area contributed by atoms with Gasteiger partial charge in [0.05, 0.1) is 30.0 Å². The van der Waals surface area contributed by atoms with E-state index < -0.39 is 0 Å². The maximum Gasteiger partial charge on any atom is 0.272 e. The van der Waals surface area contributed by atoms with Crippen molar-refractivity contribution >= 4 is 17.5 Å². The molecule has 1 fully saturated rings. The predicted octanol–water partition coefficient (Wildman–Crippen LogP) is 1.95. The third kappa shape index (κ3) is 3.39. The summed E-state index contributed by atoms with van der Waals surface area (Å²) >= 11 is 6.17. The van der Waals surface area contributed by atoms with Gasteiger partial charge in [0.1, 0.15) is 5.69 Å². The van der Waals surface area contributed by atoms with Crippen LogP contribution in [0.5, 0.6) is 0 Å². The highest BCUT2D eigenvalue weighted by molar-refractivity contribution is 6.33. The van der Waals surface area contributed by atoms with E-state index in [2.05, 4.69) is 10.2 Å². The first-order chi connectivity index (χ1) is 11.2. The molecule has 2 aromatic rings. The van der Waals surface area contributed by atoms with Crippen molar-refractivity contribution in [1.29, 1.82) is 0 Å². The second-order valence-corrected chi connectivity index (χ2v) is 5.79. The van der Waals surface area contributed by atoms with Crippen molar-refractivity contribution < 1.29 is 14.6 Å². The van der Waals surface area contributed by atoms with Crippen molar-refractivity contribution in [1.82, 2.24) is 15.1 Å². The SMILES string of the molecule is O=C(c1cc(-c2ccccc2Cl)n[nH]1)N1CCOC[C@@H]1CCO. The predicted molar refractivity (Wildman–Crippen MR) is 86.4 cm³/mol. The number of halogens is 1. The molecule has 1 aromatic heterocycles. The number of H-pyrrole nitrogens is 1. The molecule has 0 unspecified atom stereocenters. The van der Waals surface area contributed by atoms with Crippen molar-refractivity contribution in [3.63, 3.8) is 0 Å². The number of aromatic amines is 1. The van der Waals surface area contributed by atoms with Crippen LogP contribution in [-0.2, 0) is 4.74 Å². The average Bonchev–Trinajstić information content (AvgIpc) is 3.05. The monoisotopic (exact) mass is 335 g/mol. The van der Waals surface area contributed by atoms with Gasteiger partial charge in [-0.15, -0.1) is 0 Å². The molecule has 0 spiro atoms. The minimum atomic E-state index is -0.141. The van der Waals surface area contributed by atoms with Gasteiger partial charge in [0, 0.05) is 18.7 Å². The van der Waals surface area contributed by atoms with E-state index in [0.29, 0.717) is 42.6 Å². The summed E-state index contributed by atoms with van der Waals surface area (Å²) in [5.74, 6) is -0.141. The normalized spacial score (nSPS) is 18.2. The maximum absolute atomic E-state index is 12.7. The number of hydrogen-bond donors (Lipinski definition) is 2. The Bertz CT molecular complexity index is 687. The maximum atomic E-state index is 12.7. The first-order valence-corrected chi connectivity index (χ1v) is 7.88. The molecule has 1 amide bonds. The van der Waals surface area contributed by atoms with E-state index in [1.807, 2.05) is 18.2 Å². The number of morpholine rings is 1. The lowest BCUT2D eigenvalue weighted by Crippen LogP contribution is -2.49.